The van der Waals surface area contributed by atoms with Crippen molar-refractivity contribution in [2.24, 2.45) is 0 Å². The van der Waals surface area contributed by atoms with Gasteiger partial charge in [-0.1, -0.05) is 41.9 Å². The first kappa shape index (κ1) is 13.0. The van der Waals surface area contributed by atoms with Gasteiger partial charge in [-0.25, -0.2) is 9.97 Å². The van der Waals surface area contributed by atoms with E-state index in [0.717, 1.165) is 33.5 Å². The molecule has 1 fully saturated rings. The van der Waals surface area contributed by atoms with E-state index in [1.165, 1.54) is 12.8 Å². The third-order valence-corrected chi connectivity index (χ3v) is 4.60. The molecule has 0 amide bonds. The first-order chi connectivity index (χ1) is 11.3. The van der Waals surface area contributed by atoms with Crippen molar-refractivity contribution in [3.8, 4) is 11.1 Å². The molecule has 3 heterocycles. The van der Waals surface area contributed by atoms with Gasteiger partial charge >= 0.3 is 0 Å². The van der Waals surface area contributed by atoms with Crippen LogP contribution >= 0.6 is 11.6 Å². The molecule has 0 atom stereocenters. The highest BCUT2D eigenvalue weighted by Crippen LogP contribution is 2.39. The standard InChI is InChI=1S/C18H13ClN4/c19-17-14(11-4-2-1-3-5-11)8-13-10-20-16-9-15(12-6-7-12)22-23(16)18(13)21-17/h1-5,8-10,12H,6-7H2. The first-order valence-corrected chi connectivity index (χ1v) is 8.08. The first-order valence-electron chi connectivity index (χ1n) is 7.70. The molecule has 4 nitrogen and oxygen atoms in total. The fourth-order valence-electron chi connectivity index (χ4n) is 2.93. The van der Waals surface area contributed by atoms with Crippen molar-refractivity contribution in [3.05, 3.63) is 59.5 Å². The van der Waals surface area contributed by atoms with Gasteiger partial charge in [-0.2, -0.15) is 9.61 Å². The summed E-state index contributed by atoms with van der Waals surface area (Å²) in [6.07, 6.45) is 4.28. The topological polar surface area (TPSA) is 43.1 Å². The fraction of sp³-hybridized carbons (Fsp3) is 0.167. The van der Waals surface area contributed by atoms with Gasteiger partial charge in [-0.3, -0.25) is 0 Å². The number of fused-ring (bicyclic) bond motifs is 3. The Morgan fingerprint density at radius 3 is 2.70 bits per heavy atom. The number of halogens is 1. The van der Waals surface area contributed by atoms with Gasteiger partial charge in [-0.05, 0) is 24.5 Å². The van der Waals surface area contributed by atoms with Crippen molar-refractivity contribution in [1.82, 2.24) is 19.6 Å². The quantitative estimate of drug-likeness (QED) is 0.512. The van der Waals surface area contributed by atoms with E-state index in [0.29, 0.717) is 11.1 Å². The van der Waals surface area contributed by atoms with Crippen LogP contribution in [-0.2, 0) is 0 Å². The molecule has 5 heteroatoms. The molecule has 1 aliphatic carbocycles. The zero-order valence-corrected chi connectivity index (χ0v) is 13.0. The lowest BCUT2D eigenvalue weighted by Gasteiger charge is -2.07. The zero-order chi connectivity index (χ0) is 15.4. The molecular weight excluding hydrogens is 308 g/mol. The summed E-state index contributed by atoms with van der Waals surface area (Å²) in [4.78, 5) is 9.12. The number of nitrogens with zero attached hydrogens (tertiary/aromatic N) is 4. The number of benzene rings is 1. The molecule has 1 saturated carbocycles. The van der Waals surface area contributed by atoms with Gasteiger partial charge in [0.1, 0.15) is 5.15 Å². The summed E-state index contributed by atoms with van der Waals surface area (Å²) >= 11 is 6.45. The third kappa shape index (κ3) is 2.10. The monoisotopic (exact) mass is 320 g/mol. The number of rotatable bonds is 2. The molecule has 4 aromatic rings. The van der Waals surface area contributed by atoms with Gasteiger partial charge in [0, 0.05) is 29.1 Å². The van der Waals surface area contributed by atoms with Crippen molar-refractivity contribution in [2.75, 3.05) is 0 Å². The highest BCUT2D eigenvalue weighted by Gasteiger charge is 2.27. The lowest BCUT2D eigenvalue weighted by atomic mass is 10.1. The van der Waals surface area contributed by atoms with Crippen LogP contribution in [0.4, 0.5) is 0 Å². The molecular formula is C18H13ClN4. The Kier molecular flexibility index (Phi) is 2.70. The minimum absolute atomic E-state index is 0.486. The van der Waals surface area contributed by atoms with Crippen LogP contribution in [0.25, 0.3) is 27.8 Å². The molecule has 0 radical (unpaired) electrons. The minimum Gasteiger partial charge on any atom is -0.236 e. The van der Waals surface area contributed by atoms with Crippen molar-refractivity contribution in [2.45, 2.75) is 18.8 Å². The third-order valence-electron chi connectivity index (χ3n) is 4.31. The smallest absolute Gasteiger partial charge is 0.166 e. The number of pyridine rings is 1. The zero-order valence-electron chi connectivity index (χ0n) is 12.3. The van der Waals surface area contributed by atoms with Gasteiger partial charge in [0.15, 0.2) is 11.3 Å². The maximum absolute atomic E-state index is 6.45. The van der Waals surface area contributed by atoms with Gasteiger partial charge in [0.25, 0.3) is 0 Å². The van der Waals surface area contributed by atoms with Crippen LogP contribution in [0.3, 0.4) is 0 Å². The second kappa shape index (κ2) is 4.77. The molecule has 0 N–H and O–H groups in total. The van der Waals surface area contributed by atoms with E-state index >= 15 is 0 Å². The summed E-state index contributed by atoms with van der Waals surface area (Å²) in [5.74, 6) is 0.589. The lowest BCUT2D eigenvalue weighted by Crippen LogP contribution is -1.97. The van der Waals surface area contributed by atoms with Crippen molar-refractivity contribution in [3.63, 3.8) is 0 Å². The summed E-state index contributed by atoms with van der Waals surface area (Å²) < 4.78 is 1.81. The average molecular weight is 321 g/mol. The summed E-state index contributed by atoms with van der Waals surface area (Å²) in [7, 11) is 0. The van der Waals surface area contributed by atoms with E-state index in [-0.39, 0.29) is 0 Å². The molecule has 1 aromatic carbocycles. The molecule has 0 saturated heterocycles. The molecule has 23 heavy (non-hydrogen) atoms. The second-order valence-electron chi connectivity index (χ2n) is 5.98. The van der Waals surface area contributed by atoms with Crippen molar-refractivity contribution in [1.29, 1.82) is 0 Å². The Bertz CT molecular complexity index is 1040. The van der Waals surface area contributed by atoms with Gasteiger partial charge in [0.2, 0.25) is 0 Å². The minimum atomic E-state index is 0.486. The Morgan fingerprint density at radius 2 is 1.91 bits per heavy atom. The number of aromatic nitrogens is 4. The molecule has 112 valence electrons. The Hall–Kier alpha value is -2.46. The van der Waals surface area contributed by atoms with Gasteiger partial charge in [0.05, 0.1) is 5.69 Å². The largest absolute Gasteiger partial charge is 0.236 e. The molecule has 0 aliphatic heterocycles. The SMILES string of the molecule is Clc1nc2c(cnc3cc(C4CC4)nn32)cc1-c1ccccc1. The second-order valence-corrected chi connectivity index (χ2v) is 6.34. The van der Waals surface area contributed by atoms with Gasteiger partial charge in [-0.15, -0.1) is 0 Å². The molecule has 3 aromatic heterocycles. The van der Waals surface area contributed by atoms with Crippen LogP contribution < -0.4 is 0 Å². The fourth-order valence-corrected chi connectivity index (χ4v) is 3.18. The highest BCUT2D eigenvalue weighted by molar-refractivity contribution is 6.32. The van der Waals surface area contributed by atoms with Crippen LogP contribution in [0.2, 0.25) is 5.15 Å². The normalized spacial score (nSPS) is 14.7. The maximum atomic E-state index is 6.45. The molecule has 5 rings (SSSR count). The van der Waals surface area contributed by atoms with Crippen LogP contribution in [0.5, 0.6) is 0 Å². The van der Waals surface area contributed by atoms with Gasteiger partial charge < -0.3 is 0 Å². The average Bonchev–Trinajstić information content (AvgIpc) is 3.34. The van der Waals surface area contributed by atoms with Crippen LogP contribution in [0.15, 0.2) is 48.7 Å². The van der Waals surface area contributed by atoms with Crippen LogP contribution in [0.1, 0.15) is 24.5 Å². The number of hydrogen-bond donors (Lipinski definition) is 0. The predicted molar refractivity (Wildman–Crippen MR) is 90.7 cm³/mol. The summed E-state index contributed by atoms with van der Waals surface area (Å²) in [6.45, 7) is 0. The molecule has 1 aliphatic rings. The lowest BCUT2D eigenvalue weighted by molar-refractivity contribution is 0.899. The predicted octanol–water partition coefficient (Wildman–Crippen LogP) is 4.48. The van der Waals surface area contributed by atoms with Crippen LogP contribution in [-0.4, -0.2) is 19.6 Å². The Labute approximate surface area is 137 Å². The Balaban J connectivity index is 1.76. The van der Waals surface area contributed by atoms with E-state index in [4.69, 9.17) is 11.6 Å². The number of hydrogen-bond acceptors (Lipinski definition) is 3. The molecule has 0 bridgehead atoms. The van der Waals surface area contributed by atoms with E-state index in [1.807, 2.05) is 47.1 Å². The van der Waals surface area contributed by atoms with Crippen molar-refractivity contribution >= 4 is 28.3 Å². The highest BCUT2D eigenvalue weighted by atomic mass is 35.5. The molecule has 0 unspecified atom stereocenters. The van der Waals surface area contributed by atoms with Crippen LogP contribution in [0, 0.1) is 0 Å². The van der Waals surface area contributed by atoms with E-state index in [2.05, 4.69) is 21.1 Å². The summed E-state index contributed by atoms with van der Waals surface area (Å²) in [5.41, 5.74) is 4.65. The molecule has 0 spiro atoms. The van der Waals surface area contributed by atoms with E-state index < -0.39 is 0 Å². The van der Waals surface area contributed by atoms with E-state index in [1.54, 1.807) is 0 Å². The van der Waals surface area contributed by atoms with E-state index in [9.17, 15) is 0 Å². The maximum Gasteiger partial charge on any atom is 0.166 e. The summed E-state index contributed by atoms with van der Waals surface area (Å²) in [5, 5.41) is 6.10. The van der Waals surface area contributed by atoms with Crippen molar-refractivity contribution < 1.29 is 0 Å². The summed E-state index contributed by atoms with van der Waals surface area (Å²) in [6, 6.07) is 14.1. The Morgan fingerprint density at radius 1 is 1.09 bits per heavy atom.